The molecule has 0 unspecified atom stereocenters. The smallest absolute Gasteiger partial charge is 0.229 e. The molecular weight excluding hydrogens is 276 g/mol. The highest BCUT2D eigenvalue weighted by Crippen LogP contribution is 2.27. The van der Waals surface area contributed by atoms with Crippen molar-refractivity contribution in [3.63, 3.8) is 0 Å². The highest BCUT2D eigenvalue weighted by Gasteiger charge is 2.33. The Bertz CT molecular complexity index is 591. The molecule has 1 atom stereocenters. The normalized spacial score (nSPS) is 22.4. The van der Waals surface area contributed by atoms with Crippen LogP contribution in [0, 0.1) is 19.8 Å². The second-order valence-electron chi connectivity index (χ2n) is 6.66. The van der Waals surface area contributed by atoms with Gasteiger partial charge >= 0.3 is 0 Å². The molecule has 2 aliphatic rings. The Labute approximate surface area is 131 Å². The van der Waals surface area contributed by atoms with Crippen LogP contribution in [0.1, 0.15) is 43.2 Å². The van der Waals surface area contributed by atoms with Gasteiger partial charge in [-0.3, -0.25) is 9.59 Å². The highest BCUT2D eigenvalue weighted by molar-refractivity contribution is 5.97. The van der Waals surface area contributed by atoms with E-state index < -0.39 is 0 Å². The molecule has 0 radical (unpaired) electrons. The van der Waals surface area contributed by atoms with E-state index in [4.69, 9.17) is 0 Å². The number of benzene rings is 1. The summed E-state index contributed by atoms with van der Waals surface area (Å²) in [5, 5.41) is 3.08. The van der Waals surface area contributed by atoms with Crippen molar-refractivity contribution in [2.24, 2.45) is 5.92 Å². The van der Waals surface area contributed by atoms with Gasteiger partial charge in [-0.25, -0.2) is 0 Å². The van der Waals surface area contributed by atoms with E-state index in [9.17, 15) is 9.59 Å². The molecule has 2 amide bonds. The summed E-state index contributed by atoms with van der Waals surface area (Å²) < 4.78 is 0. The van der Waals surface area contributed by atoms with E-state index in [1.807, 2.05) is 12.1 Å². The van der Waals surface area contributed by atoms with Crippen LogP contribution in [0.15, 0.2) is 18.2 Å². The Morgan fingerprint density at radius 3 is 2.59 bits per heavy atom. The second kappa shape index (κ2) is 6.11. The zero-order valence-electron chi connectivity index (χ0n) is 13.4. The van der Waals surface area contributed by atoms with Crippen molar-refractivity contribution >= 4 is 17.5 Å². The van der Waals surface area contributed by atoms with Gasteiger partial charge in [-0.15, -0.1) is 0 Å². The first-order chi connectivity index (χ1) is 10.5. The van der Waals surface area contributed by atoms with Crippen LogP contribution in [0.2, 0.25) is 0 Å². The molecule has 1 aromatic carbocycles. The van der Waals surface area contributed by atoms with E-state index in [2.05, 4.69) is 25.2 Å². The summed E-state index contributed by atoms with van der Waals surface area (Å²) in [4.78, 5) is 26.3. The lowest BCUT2D eigenvalue weighted by molar-refractivity contribution is -0.125. The molecule has 1 saturated heterocycles. The summed E-state index contributed by atoms with van der Waals surface area (Å²) >= 11 is 0. The fraction of sp³-hybridized carbons (Fsp3) is 0.556. The maximum Gasteiger partial charge on any atom is 0.229 e. The first-order valence-corrected chi connectivity index (χ1v) is 8.22. The van der Waals surface area contributed by atoms with Crippen molar-refractivity contribution in [1.82, 2.24) is 5.32 Å². The fourth-order valence-corrected chi connectivity index (χ4v) is 3.45. The zero-order valence-corrected chi connectivity index (χ0v) is 13.4. The van der Waals surface area contributed by atoms with Crippen LogP contribution in [0.5, 0.6) is 0 Å². The van der Waals surface area contributed by atoms with E-state index in [0.29, 0.717) is 13.0 Å². The zero-order chi connectivity index (χ0) is 15.7. The van der Waals surface area contributed by atoms with Gasteiger partial charge in [0.15, 0.2) is 0 Å². The summed E-state index contributed by atoms with van der Waals surface area (Å²) in [5.41, 5.74) is 3.34. The van der Waals surface area contributed by atoms with Crippen molar-refractivity contribution in [3.05, 3.63) is 29.3 Å². The molecule has 1 aromatic rings. The number of nitrogens with zero attached hydrogens (tertiary/aromatic N) is 1. The Morgan fingerprint density at radius 2 is 1.91 bits per heavy atom. The van der Waals surface area contributed by atoms with Crippen LogP contribution in [-0.2, 0) is 9.59 Å². The van der Waals surface area contributed by atoms with Crippen LogP contribution in [0.25, 0.3) is 0 Å². The van der Waals surface area contributed by atoms with Crippen LogP contribution < -0.4 is 10.2 Å². The van der Waals surface area contributed by atoms with Crippen molar-refractivity contribution < 1.29 is 9.59 Å². The molecule has 1 aliphatic heterocycles. The lowest BCUT2D eigenvalue weighted by atomic mass is 10.1. The molecule has 0 aromatic heterocycles. The SMILES string of the molecule is Cc1ccc(N2C[C@H](NC(=O)C3CCCC3)CC2=O)cc1C. The summed E-state index contributed by atoms with van der Waals surface area (Å²) in [6.07, 6.45) is 4.69. The van der Waals surface area contributed by atoms with Crippen molar-refractivity contribution in [2.45, 2.75) is 52.0 Å². The highest BCUT2D eigenvalue weighted by atomic mass is 16.2. The number of carbonyl (C=O) groups excluding carboxylic acids is 2. The first kappa shape index (κ1) is 15.1. The quantitative estimate of drug-likeness (QED) is 0.933. The number of rotatable bonds is 3. The molecule has 0 spiro atoms. The third-order valence-electron chi connectivity index (χ3n) is 5.00. The minimum Gasteiger partial charge on any atom is -0.351 e. The summed E-state index contributed by atoms with van der Waals surface area (Å²) in [6, 6.07) is 6.03. The van der Waals surface area contributed by atoms with Crippen molar-refractivity contribution in [1.29, 1.82) is 0 Å². The van der Waals surface area contributed by atoms with E-state index in [1.54, 1.807) is 4.90 Å². The molecule has 1 heterocycles. The molecule has 1 saturated carbocycles. The van der Waals surface area contributed by atoms with Crippen LogP contribution >= 0.6 is 0 Å². The minimum absolute atomic E-state index is 0.0535. The van der Waals surface area contributed by atoms with Crippen LogP contribution in [-0.4, -0.2) is 24.4 Å². The predicted molar refractivity (Wildman–Crippen MR) is 86.8 cm³/mol. The Hall–Kier alpha value is -1.84. The monoisotopic (exact) mass is 300 g/mol. The van der Waals surface area contributed by atoms with Gasteiger partial charge in [0.1, 0.15) is 0 Å². The van der Waals surface area contributed by atoms with Gasteiger partial charge in [0.2, 0.25) is 11.8 Å². The summed E-state index contributed by atoms with van der Waals surface area (Å²) in [7, 11) is 0. The fourth-order valence-electron chi connectivity index (χ4n) is 3.45. The van der Waals surface area contributed by atoms with E-state index in [0.717, 1.165) is 31.4 Å². The third kappa shape index (κ3) is 3.01. The lowest BCUT2D eigenvalue weighted by Gasteiger charge is -2.19. The largest absolute Gasteiger partial charge is 0.351 e. The Balaban J connectivity index is 1.65. The average molecular weight is 300 g/mol. The Kier molecular flexibility index (Phi) is 4.19. The van der Waals surface area contributed by atoms with Gasteiger partial charge in [0, 0.05) is 24.6 Å². The Morgan fingerprint density at radius 1 is 1.18 bits per heavy atom. The molecule has 4 heteroatoms. The number of amides is 2. The maximum atomic E-state index is 12.3. The molecule has 118 valence electrons. The number of anilines is 1. The van der Waals surface area contributed by atoms with E-state index >= 15 is 0 Å². The molecule has 4 nitrogen and oxygen atoms in total. The molecule has 22 heavy (non-hydrogen) atoms. The van der Waals surface area contributed by atoms with Gasteiger partial charge in [-0.2, -0.15) is 0 Å². The number of aryl methyl sites for hydroxylation is 2. The number of hydrogen-bond donors (Lipinski definition) is 1. The molecular formula is C18H24N2O2. The van der Waals surface area contributed by atoms with Crippen molar-refractivity contribution in [2.75, 3.05) is 11.4 Å². The maximum absolute atomic E-state index is 12.3. The summed E-state index contributed by atoms with van der Waals surface area (Å²) in [5.74, 6) is 0.392. The minimum atomic E-state index is -0.0535. The average Bonchev–Trinajstić information content (AvgIpc) is 3.12. The molecule has 2 fully saturated rings. The predicted octanol–water partition coefficient (Wildman–Crippen LogP) is 2.72. The molecule has 0 bridgehead atoms. The van der Waals surface area contributed by atoms with E-state index in [1.165, 1.54) is 11.1 Å². The molecule has 1 N–H and O–H groups in total. The third-order valence-corrected chi connectivity index (χ3v) is 5.00. The lowest BCUT2D eigenvalue weighted by Crippen LogP contribution is -2.40. The topological polar surface area (TPSA) is 49.4 Å². The molecule has 3 rings (SSSR count). The number of nitrogens with one attached hydrogen (secondary N) is 1. The van der Waals surface area contributed by atoms with Gasteiger partial charge in [0.05, 0.1) is 6.04 Å². The van der Waals surface area contributed by atoms with E-state index in [-0.39, 0.29) is 23.8 Å². The van der Waals surface area contributed by atoms with Crippen LogP contribution in [0.3, 0.4) is 0 Å². The van der Waals surface area contributed by atoms with Gasteiger partial charge in [-0.05, 0) is 49.9 Å². The summed E-state index contributed by atoms with van der Waals surface area (Å²) in [6.45, 7) is 4.70. The van der Waals surface area contributed by atoms with Gasteiger partial charge in [0.25, 0.3) is 0 Å². The molecule has 1 aliphatic carbocycles. The number of carbonyl (C=O) groups is 2. The van der Waals surface area contributed by atoms with Gasteiger partial charge in [-0.1, -0.05) is 18.9 Å². The number of hydrogen-bond acceptors (Lipinski definition) is 2. The van der Waals surface area contributed by atoms with Crippen molar-refractivity contribution in [3.8, 4) is 0 Å². The van der Waals surface area contributed by atoms with Gasteiger partial charge < -0.3 is 10.2 Å². The van der Waals surface area contributed by atoms with Crippen LogP contribution in [0.4, 0.5) is 5.69 Å². The second-order valence-corrected chi connectivity index (χ2v) is 6.66. The standard InChI is InChI=1S/C18H24N2O2/c1-12-7-8-16(9-13(12)2)20-11-15(10-17(20)21)19-18(22)14-5-3-4-6-14/h7-9,14-15H,3-6,10-11H2,1-2H3,(H,19,22)/t15-/m1/s1. The first-order valence-electron chi connectivity index (χ1n) is 8.22.